The molecule has 1 amide bonds. The van der Waals surface area contributed by atoms with Crippen LogP contribution in [0.15, 0.2) is 60.8 Å². The summed E-state index contributed by atoms with van der Waals surface area (Å²) >= 11 is 0. The lowest BCUT2D eigenvalue weighted by Gasteiger charge is -2.39. The highest BCUT2D eigenvalue weighted by molar-refractivity contribution is 6.02. The number of aromatic nitrogens is 3. The first-order valence-corrected chi connectivity index (χ1v) is 13.5. The Hall–Kier alpha value is -3.78. The van der Waals surface area contributed by atoms with Gasteiger partial charge in [-0.25, -0.2) is 4.39 Å². The van der Waals surface area contributed by atoms with E-state index >= 15 is 4.39 Å². The Morgan fingerprint density at radius 2 is 1.82 bits per heavy atom. The molecule has 2 saturated heterocycles. The van der Waals surface area contributed by atoms with E-state index in [2.05, 4.69) is 37.5 Å². The maximum atomic E-state index is 15.1. The molecular formula is C30H30FN5O2. The Balaban J connectivity index is 1.17. The average Bonchev–Trinajstić information content (AvgIpc) is 3.63. The van der Waals surface area contributed by atoms with Gasteiger partial charge in [0, 0.05) is 41.0 Å². The maximum Gasteiger partial charge on any atom is 0.254 e. The van der Waals surface area contributed by atoms with E-state index in [1.165, 1.54) is 6.07 Å². The minimum atomic E-state index is -0.584. The third-order valence-corrected chi connectivity index (χ3v) is 8.43. The first kappa shape index (κ1) is 23.3. The summed E-state index contributed by atoms with van der Waals surface area (Å²) in [6.07, 6.45) is 7.42. The Kier molecular flexibility index (Phi) is 5.65. The molecule has 3 fully saturated rings. The Bertz CT molecular complexity index is 1470. The van der Waals surface area contributed by atoms with Gasteiger partial charge < -0.3 is 15.3 Å². The first-order valence-electron chi connectivity index (χ1n) is 13.5. The largest absolute Gasteiger partial charge is 0.393 e. The Morgan fingerprint density at radius 3 is 2.50 bits per heavy atom. The summed E-state index contributed by atoms with van der Waals surface area (Å²) in [5, 5.41) is 21.3. The summed E-state index contributed by atoms with van der Waals surface area (Å²) in [6.45, 7) is 0. The van der Waals surface area contributed by atoms with Crippen molar-refractivity contribution in [3.05, 3.63) is 77.9 Å². The summed E-state index contributed by atoms with van der Waals surface area (Å²) in [6, 6.07) is 17.4. The zero-order chi connectivity index (χ0) is 25.8. The second-order valence-corrected chi connectivity index (χ2v) is 11.0. The lowest BCUT2D eigenvalue weighted by molar-refractivity contribution is 0.0926. The van der Waals surface area contributed by atoms with E-state index in [9.17, 15) is 9.90 Å². The van der Waals surface area contributed by atoms with Crippen molar-refractivity contribution < 1.29 is 14.3 Å². The van der Waals surface area contributed by atoms with Crippen molar-refractivity contribution >= 4 is 22.5 Å². The molecule has 2 aromatic carbocycles. The highest BCUT2D eigenvalue weighted by Crippen LogP contribution is 2.41. The molecule has 194 valence electrons. The number of carbonyl (C=O) groups excluding carboxylic acids is 1. The molecule has 4 atom stereocenters. The van der Waals surface area contributed by atoms with Crippen molar-refractivity contribution in [2.45, 2.75) is 62.8 Å². The van der Waals surface area contributed by atoms with Gasteiger partial charge in [0.1, 0.15) is 5.82 Å². The van der Waals surface area contributed by atoms with Gasteiger partial charge in [0.15, 0.2) is 0 Å². The van der Waals surface area contributed by atoms with E-state index in [0.29, 0.717) is 34.6 Å². The summed E-state index contributed by atoms with van der Waals surface area (Å²) in [5.41, 5.74) is 4.07. The van der Waals surface area contributed by atoms with Crippen molar-refractivity contribution in [2.24, 2.45) is 5.92 Å². The number of aliphatic hydroxyl groups excluding tert-OH is 1. The number of H-pyrrole nitrogens is 1. The molecule has 3 aliphatic rings. The molecule has 4 heterocycles. The number of carbonyl (C=O) groups is 1. The molecule has 7 nitrogen and oxygen atoms in total. The van der Waals surface area contributed by atoms with Gasteiger partial charge in [-0.1, -0.05) is 18.2 Å². The highest BCUT2D eigenvalue weighted by Gasteiger charge is 2.40. The topological polar surface area (TPSA) is 94.1 Å². The van der Waals surface area contributed by atoms with Crippen LogP contribution in [0.2, 0.25) is 0 Å². The van der Waals surface area contributed by atoms with Crippen molar-refractivity contribution in [3.8, 4) is 11.3 Å². The second kappa shape index (κ2) is 9.20. The second-order valence-electron chi connectivity index (χ2n) is 11.0. The lowest BCUT2D eigenvalue weighted by atomic mass is 9.98. The SMILES string of the molecule is O=C(N[C@H](c1ccccn1)C1CC1)c1cc2c(-c3ccc(N4[C@@H]5CC[C@H]4C[C@@H](O)C5)cc3)n[nH]c2cc1F. The smallest absolute Gasteiger partial charge is 0.254 e. The number of hydrogen-bond donors (Lipinski definition) is 3. The van der Waals surface area contributed by atoms with Gasteiger partial charge in [0.25, 0.3) is 5.91 Å². The fraction of sp³-hybridized carbons (Fsp3) is 0.367. The fourth-order valence-electron chi connectivity index (χ4n) is 6.44. The number of benzene rings is 2. The summed E-state index contributed by atoms with van der Waals surface area (Å²) < 4.78 is 15.1. The first-order chi connectivity index (χ1) is 18.5. The molecule has 8 heteroatoms. The van der Waals surface area contributed by atoms with Crippen molar-refractivity contribution in [1.29, 1.82) is 0 Å². The molecule has 0 spiro atoms. The van der Waals surface area contributed by atoms with Crippen molar-refractivity contribution in [2.75, 3.05) is 4.90 Å². The standard InChI is InChI=1S/C30H30FN5O2/c31-25-16-27-24(15-23(25)30(38)33-29(18-4-5-18)26-3-1-2-12-32-26)28(35-34-27)17-6-8-19(9-7-17)36-20-10-11-21(36)14-22(37)13-20/h1-3,6-9,12,15-16,18,20-22,29,37H,4-5,10-11,13-14H2,(H,33,38)(H,34,35)/t20-,21+,22+,29-/m0/s1. The number of halogens is 1. The molecule has 0 radical (unpaired) electrons. The minimum Gasteiger partial charge on any atom is -0.393 e. The quantitative estimate of drug-likeness (QED) is 0.333. The van der Waals surface area contributed by atoms with Gasteiger partial charge in [-0.15, -0.1) is 0 Å². The lowest BCUT2D eigenvalue weighted by Crippen LogP contribution is -2.44. The number of fused-ring (bicyclic) bond motifs is 3. The molecule has 2 bridgehead atoms. The predicted molar refractivity (Wildman–Crippen MR) is 143 cm³/mol. The van der Waals surface area contributed by atoms with Crippen LogP contribution in [0, 0.1) is 11.7 Å². The number of anilines is 1. The van der Waals surface area contributed by atoms with Gasteiger partial charge in [-0.2, -0.15) is 5.10 Å². The molecule has 2 aromatic heterocycles. The minimum absolute atomic E-state index is 0.00167. The van der Waals surface area contributed by atoms with Crippen LogP contribution in [-0.4, -0.2) is 44.4 Å². The highest BCUT2D eigenvalue weighted by atomic mass is 19.1. The third kappa shape index (κ3) is 4.13. The van der Waals surface area contributed by atoms with Gasteiger partial charge in [0.05, 0.1) is 34.6 Å². The van der Waals surface area contributed by atoms with E-state index < -0.39 is 11.7 Å². The number of piperidine rings is 1. The van der Waals surface area contributed by atoms with Crippen LogP contribution in [0.1, 0.15) is 60.6 Å². The number of aliphatic hydroxyl groups is 1. The molecule has 1 aliphatic carbocycles. The van der Waals surface area contributed by atoms with Gasteiger partial charge >= 0.3 is 0 Å². The summed E-state index contributed by atoms with van der Waals surface area (Å²) in [5.74, 6) is -0.710. The number of amides is 1. The van der Waals surface area contributed by atoms with Crippen LogP contribution in [-0.2, 0) is 0 Å². The number of rotatable bonds is 6. The maximum absolute atomic E-state index is 15.1. The van der Waals surface area contributed by atoms with Gasteiger partial charge in [-0.3, -0.25) is 14.9 Å². The molecule has 7 rings (SSSR count). The van der Waals surface area contributed by atoms with Crippen LogP contribution in [0.5, 0.6) is 0 Å². The monoisotopic (exact) mass is 511 g/mol. The average molecular weight is 512 g/mol. The predicted octanol–water partition coefficient (Wildman–Crippen LogP) is 5.14. The number of pyridine rings is 1. The molecule has 2 aliphatic heterocycles. The van der Waals surface area contributed by atoms with E-state index in [-0.39, 0.29) is 17.7 Å². The van der Waals surface area contributed by atoms with Crippen LogP contribution in [0.4, 0.5) is 10.1 Å². The van der Waals surface area contributed by atoms with E-state index in [1.807, 2.05) is 30.3 Å². The molecule has 0 unspecified atom stereocenters. The normalized spacial score (nSPS) is 23.5. The van der Waals surface area contributed by atoms with E-state index in [1.54, 1.807) is 12.3 Å². The Morgan fingerprint density at radius 1 is 1.05 bits per heavy atom. The molecular weight excluding hydrogens is 481 g/mol. The van der Waals surface area contributed by atoms with Crippen LogP contribution >= 0.6 is 0 Å². The number of nitrogens with one attached hydrogen (secondary N) is 2. The van der Waals surface area contributed by atoms with Crippen molar-refractivity contribution in [3.63, 3.8) is 0 Å². The van der Waals surface area contributed by atoms with Crippen molar-refractivity contribution in [1.82, 2.24) is 20.5 Å². The summed E-state index contributed by atoms with van der Waals surface area (Å²) in [7, 11) is 0. The van der Waals surface area contributed by atoms with Gasteiger partial charge in [-0.05, 0) is 74.8 Å². The van der Waals surface area contributed by atoms with E-state index in [4.69, 9.17) is 0 Å². The Labute approximate surface area is 220 Å². The number of hydrogen-bond acceptors (Lipinski definition) is 5. The summed E-state index contributed by atoms with van der Waals surface area (Å²) in [4.78, 5) is 20.1. The molecule has 4 aromatic rings. The molecule has 3 N–H and O–H groups in total. The van der Waals surface area contributed by atoms with Crippen LogP contribution in [0.3, 0.4) is 0 Å². The van der Waals surface area contributed by atoms with Crippen LogP contribution in [0.25, 0.3) is 22.2 Å². The zero-order valence-corrected chi connectivity index (χ0v) is 21.0. The number of nitrogens with zero attached hydrogens (tertiary/aromatic N) is 3. The zero-order valence-electron chi connectivity index (χ0n) is 21.0. The number of aromatic amines is 1. The van der Waals surface area contributed by atoms with Gasteiger partial charge in [0.2, 0.25) is 0 Å². The fourth-order valence-corrected chi connectivity index (χ4v) is 6.44. The molecule has 1 saturated carbocycles. The third-order valence-electron chi connectivity index (χ3n) is 8.43. The van der Waals surface area contributed by atoms with E-state index in [0.717, 1.165) is 55.5 Å². The van der Waals surface area contributed by atoms with Crippen LogP contribution < -0.4 is 10.2 Å². The molecule has 38 heavy (non-hydrogen) atoms.